The summed E-state index contributed by atoms with van der Waals surface area (Å²) in [7, 11) is 1.54. The van der Waals surface area contributed by atoms with E-state index in [1.165, 1.54) is 11.9 Å². The van der Waals surface area contributed by atoms with Crippen LogP contribution in [0.4, 0.5) is 4.79 Å². The number of ether oxygens (including phenoxy) is 1. The van der Waals surface area contributed by atoms with Crippen LogP contribution in [0.2, 0.25) is 0 Å². The van der Waals surface area contributed by atoms with Crippen molar-refractivity contribution in [3.05, 3.63) is 35.4 Å². The number of nitrogens with zero attached hydrogens (tertiary/aromatic N) is 1. The summed E-state index contributed by atoms with van der Waals surface area (Å²) in [6.07, 6.45) is 2.73. The molecule has 1 aromatic carbocycles. The first-order valence-corrected chi connectivity index (χ1v) is 7.93. The number of nitrogens with one attached hydrogen (secondary N) is 1. The molecule has 2 aliphatic rings. The van der Waals surface area contributed by atoms with Crippen molar-refractivity contribution in [3.63, 3.8) is 0 Å². The summed E-state index contributed by atoms with van der Waals surface area (Å²) in [5, 5.41) is 2.45. The molecule has 6 heteroatoms. The lowest BCUT2D eigenvalue weighted by atomic mass is 9.87. The Bertz CT molecular complexity index is 600. The fourth-order valence-corrected chi connectivity index (χ4v) is 3.31. The zero-order valence-electron chi connectivity index (χ0n) is 13.1. The maximum Gasteiger partial charge on any atom is 0.407 e. The zero-order valence-corrected chi connectivity index (χ0v) is 13.1. The molecule has 3 amide bonds. The van der Waals surface area contributed by atoms with E-state index >= 15 is 0 Å². The number of rotatable bonds is 3. The molecule has 1 heterocycles. The van der Waals surface area contributed by atoms with Crippen LogP contribution in [0.15, 0.2) is 24.3 Å². The lowest BCUT2D eigenvalue weighted by molar-refractivity contribution is 0.0511. The number of carbonyl (C=O) groups is 3. The molecular formula is C17H20N2O4. The number of hydrogen-bond donors (Lipinski definition) is 1. The van der Waals surface area contributed by atoms with Crippen LogP contribution in [0.25, 0.3) is 0 Å². The van der Waals surface area contributed by atoms with Crippen LogP contribution >= 0.6 is 0 Å². The predicted molar refractivity (Wildman–Crippen MR) is 83.1 cm³/mol. The summed E-state index contributed by atoms with van der Waals surface area (Å²) in [5.74, 6) is -0.134. The molecule has 0 radical (unpaired) electrons. The van der Waals surface area contributed by atoms with Gasteiger partial charge in [0.15, 0.2) is 0 Å². The zero-order chi connectivity index (χ0) is 16.4. The second kappa shape index (κ2) is 6.40. The van der Waals surface area contributed by atoms with Gasteiger partial charge in [0.25, 0.3) is 11.8 Å². The fraction of sp³-hybridized carbons (Fsp3) is 0.471. The van der Waals surface area contributed by atoms with Crippen molar-refractivity contribution in [2.75, 3.05) is 13.6 Å². The minimum absolute atomic E-state index is 0.0756. The third-order valence-corrected chi connectivity index (χ3v) is 4.59. The van der Waals surface area contributed by atoms with E-state index in [0.29, 0.717) is 17.7 Å². The van der Waals surface area contributed by atoms with E-state index in [-0.39, 0.29) is 23.8 Å². The highest BCUT2D eigenvalue weighted by atomic mass is 16.6. The second-order valence-corrected chi connectivity index (χ2v) is 6.06. The smallest absolute Gasteiger partial charge is 0.407 e. The number of benzene rings is 1. The van der Waals surface area contributed by atoms with Crippen LogP contribution in [0.3, 0.4) is 0 Å². The highest BCUT2D eigenvalue weighted by Gasteiger charge is 2.37. The summed E-state index contributed by atoms with van der Waals surface area (Å²) in [6, 6.07) is 6.94. The Morgan fingerprint density at radius 3 is 2.22 bits per heavy atom. The van der Waals surface area contributed by atoms with Gasteiger partial charge in [-0.25, -0.2) is 4.79 Å². The van der Waals surface area contributed by atoms with Crippen LogP contribution in [0.1, 0.15) is 46.4 Å². The van der Waals surface area contributed by atoms with E-state index in [2.05, 4.69) is 5.32 Å². The highest BCUT2D eigenvalue weighted by Crippen LogP contribution is 2.30. The first-order chi connectivity index (χ1) is 11.1. The van der Waals surface area contributed by atoms with Crippen LogP contribution in [-0.2, 0) is 4.74 Å². The fourth-order valence-electron chi connectivity index (χ4n) is 3.31. The van der Waals surface area contributed by atoms with Gasteiger partial charge in [0.05, 0.1) is 11.1 Å². The Morgan fingerprint density at radius 2 is 1.70 bits per heavy atom. The van der Waals surface area contributed by atoms with Crippen LogP contribution in [0, 0.1) is 5.92 Å². The summed E-state index contributed by atoms with van der Waals surface area (Å²) in [6.45, 7) is 0.443. The lowest BCUT2D eigenvalue weighted by Gasteiger charge is -2.30. The van der Waals surface area contributed by atoms with Gasteiger partial charge < -0.3 is 10.1 Å². The third-order valence-electron chi connectivity index (χ3n) is 4.59. The van der Waals surface area contributed by atoms with E-state index in [1.54, 1.807) is 24.3 Å². The van der Waals surface area contributed by atoms with E-state index in [9.17, 15) is 14.4 Å². The van der Waals surface area contributed by atoms with Crippen molar-refractivity contribution >= 4 is 17.9 Å². The molecule has 0 atom stereocenters. The maximum absolute atomic E-state index is 12.4. The average Bonchev–Trinajstić information content (AvgIpc) is 2.82. The molecule has 1 fully saturated rings. The van der Waals surface area contributed by atoms with Gasteiger partial charge in [0, 0.05) is 13.6 Å². The molecule has 1 N–H and O–H groups in total. The summed E-state index contributed by atoms with van der Waals surface area (Å²) >= 11 is 0. The average molecular weight is 316 g/mol. The number of imide groups is 1. The molecular weight excluding hydrogens is 296 g/mol. The predicted octanol–water partition coefficient (Wildman–Crippen LogP) is 2.20. The van der Waals surface area contributed by atoms with Gasteiger partial charge in [-0.3, -0.25) is 14.5 Å². The molecule has 3 rings (SSSR count). The van der Waals surface area contributed by atoms with Crippen molar-refractivity contribution in [1.29, 1.82) is 0 Å². The van der Waals surface area contributed by atoms with Gasteiger partial charge in [-0.15, -0.1) is 0 Å². The topological polar surface area (TPSA) is 75.7 Å². The van der Waals surface area contributed by atoms with Crippen LogP contribution < -0.4 is 5.32 Å². The van der Waals surface area contributed by atoms with Crippen molar-refractivity contribution in [3.8, 4) is 0 Å². The van der Waals surface area contributed by atoms with Gasteiger partial charge >= 0.3 is 6.09 Å². The van der Waals surface area contributed by atoms with Gasteiger partial charge in [-0.05, 0) is 43.7 Å². The standard InChI is InChI=1S/C17H20N2O4/c1-18-17(22)23-12-8-6-11(7-9-12)10-19-15(20)13-4-2-3-5-14(13)16(19)21/h2-5,11-12H,6-10H2,1H3,(H,18,22). The molecule has 122 valence electrons. The minimum atomic E-state index is -0.409. The molecule has 0 spiro atoms. The summed E-state index contributed by atoms with van der Waals surface area (Å²) < 4.78 is 5.25. The first-order valence-electron chi connectivity index (χ1n) is 7.93. The van der Waals surface area contributed by atoms with E-state index in [0.717, 1.165) is 25.7 Å². The number of fused-ring (bicyclic) bond motifs is 1. The Morgan fingerprint density at radius 1 is 1.13 bits per heavy atom. The molecule has 0 bridgehead atoms. The largest absolute Gasteiger partial charge is 0.446 e. The molecule has 0 unspecified atom stereocenters. The monoisotopic (exact) mass is 316 g/mol. The Kier molecular flexibility index (Phi) is 4.32. The Balaban J connectivity index is 1.57. The molecule has 1 aliphatic heterocycles. The second-order valence-electron chi connectivity index (χ2n) is 6.06. The molecule has 6 nitrogen and oxygen atoms in total. The Labute approximate surface area is 134 Å². The van der Waals surface area contributed by atoms with Crippen molar-refractivity contribution in [1.82, 2.24) is 10.2 Å². The molecule has 1 aliphatic carbocycles. The summed E-state index contributed by atoms with van der Waals surface area (Å²) in [4.78, 5) is 37.3. The number of alkyl carbamates (subject to hydrolysis) is 1. The minimum Gasteiger partial charge on any atom is -0.446 e. The molecule has 23 heavy (non-hydrogen) atoms. The number of hydrogen-bond acceptors (Lipinski definition) is 4. The third kappa shape index (κ3) is 3.06. The first kappa shape index (κ1) is 15.5. The lowest BCUT2D eigenvalue weighted by Crippen LogP contribution is -2.37. The molecule has 0 aromatic heterocycles. The van der Waals surface area contributed by atoms with Crippen molar-refractivity contribution < 1.29 is 19.1 Å². The number of amides is 3. The van der Waals surface area contributed by atoms with Crippen LogP contribution in [0.5, 0.6) is 0 Å². The van der Waals surface area contributed by atoms with Gasteiger partial charge in [-0.2, -0.15) is 0 Å². The van der Waals surface area contributed by atoms with Gasteiger partial charge in [0.2, 0.25) is 0 Å². The summed E-state index contributed by atoms with van der Waals surface area (Å²) in [5.41, 5.74) is 0.989. The molecule has 1 aromatic rings. The number of carbonyl (C=O) groups excluding carboxylic acids is 3. The molecule has 1 saturated carbocycles. The Hall–Kier alpha value is -2.37. The van der Waals surface area contributed by atoms with Gasteiger partial charge in [-0.1, -0.05) is 12.1 Å². The quantitative estimate of drug-likeness (QED) is 0.867. The SMILES string of the molecule is CNC(=O)OC1CCC(CN2C(=O)c3ccccc3C2=O)CC1. The highest BCUT2D eigenvalue weighted by molar-refractivity contribution is 6.21. The molecule has 0 saturated heterocycles. The maximum atomic E-state index is 12.4. The van der Waals surface area contributed by atoms with Crippen LogP contribution in [-0.4, -0.2) is 42.5 Å². The van der Waals surface area contributed by atoms with E-state index in [1.807, 2.05) is 0 Å². The normalized spacial score (nSPS) is 23.6. The van der Waals surface area contributed by atoms with Crippen molar-refractivity contribution in [2.45, 2.75) is 31.8 Å². The van der Waals surface area contributed by atoms with E-state index < -0.39 is 6.09 Å². The van der Waals surface area contributed by atoms with Gasteiger partial charge in [0.1, 0.15) is 6.10 Å². The van der Waals surface area contributed by atoms with E-state index in [4.69, 9.17) is 4.74 Å². The van der Waals surface area contributed by atoms with Crippen molar-refractivity contribution in [2.24, 2.45) is 5.92 Å².